The Morgan fingerprint density at radius 3 is 2.79 bits per heavy atom. The van der Waals surface area contributed by atoms with Gasteiger partial charge in [-0.25, -0.2) is 0 Å². The maximum atomic E-state index is 5.74. The normalized spacial score (nSPS) is 16.9. The SMILES string of the molecule is CCC1CN(c2ccc(N)c(Br)c2)C1. The van der Waals surface area contributed by atoms with Gasteiger partial charge in [0, 0.05) is 28.9 Å². The Balaban J connectivity index is 2.08. The Labute approximate surface area is 93.2 Å². The van der Waals surface area contributed by atoms with Gasteiger partial charge in [0.2, 0.25) is 0 Å². The molecule has 1 aromatic carbocycles. The molecule has 1 heterocycles. The molecule has 1 aliphatic rings. The van der Waals surface area contributed by atoms with E-state index in [0.29, 0.717) is 0 Å². The first kappa shape index (κ1) is 9.84. The summed E-state index contributed by atoms with van der Waals surface area (Å²) in [6.45, 7) is 4.63. The number of hydrogen-bond acceptors (Lipinski definition) is 2. The highest BCUT2D eigenvalue weighted by Crippen LogP contribution is 2.30. The van der Waals surface area contributed by atoms with Crippen molar-refractivity contribution in [3.05, 3.63) is 22.7 Å². The van der Waals surface area contributed by atoms with Crippen molar-refractivity contribution in [3.8, 4) is 0 Å². The summed E-state index contributed by atoms with van der Waals surface area (Å²) in [7, 11) is 0. The fourth-order valence-corrected chi connectivity index (χ4v) is 2.12. The molecule has 0 saturated carbocycles. The van der Waals surface area contributed by atoms with E-state index in [0.717, 1.165) is 16.1 Å². The molecule has 0 amide bonds. The third-order valence-corrected chi connectivity index (χ3v) is 3.57. The summed E-state index contributed by atoms with van der Waals surface area (Å²) in [6, 6.07) is 6.14. The van der Waals surface area contributed by atoms with Crippen molar-refractivity contribution in [1.29, 1.82) is 0 Å². The van der Waals surface area contributed by atoms with Gasteiger partial charge in [0.05, 0.1) is 0 Å². The van der Waals surface area contributed by atoms with Crippen molar-refractivity contribution in [2.45, 2.75) is 13.3 Å². The second-order valence-electron chi connectivity index (χ2n) is 3.89. The number of nitrogens with zero attached hydrogens (tertiary/aromatic N) is 1. The van der Waals surface area contributed by atoms with Crippen LogP contribution in [0.3, 0.4) is 0 Å². The summed E-state index contributed by atoms with van der Waals surface area (Å²) in [4.78, 5) is 2.39. The average Bonchev–Trinajstić information content (AvgIpc) is 2.09. The fourth-order valence-electron chi connectivity index (χ4n) is 1.75. The van der Waals surface area contributed by atoms with Crippen molar-refractivity contribution < 1.29 is 0 Å². The lowest BCUT2D eigenvalue weighted by molar-refractivity contribution is 0.399. The molecule has 3 heteroatoms. The van der Waals surface area contributed by atoms with Crippen molar-refractivity contribution >= 4 is 27.3 Å². The minimum atomic E-state index is 0.807. The van der Waals surface area contributed by atoms with Crippen molar-refractivity contribution in [1.82, 2.24) is 0 Å². The van der Waals surface area contributed by atoms with Crippen LogP contribution in [-0.2, 0) is 0 Å². The summed E-state index contributed by atoms with van der Waals surface area (Å²) in [6.07, 6.45) is 1.28. The number of nitrogens with two attached hydrogens (primary N) is 1. The van der Waals surface area contributed by atoms with Crippen LogP contribution in [0.4, 0.5) is 11.4 Å². The molecule has 76 valence electrons. The Morgan fingerprint density at radius 2 is 2.21 bits per heavy atom. The molecule has 14 heavy (non-hydrogen) atoms. The first-order chi connectivity index (χ1) is 6.70. The predicted molar refractivity (Wildman–Crippen MR) is 64.5 cm³/mol. The lowest BCUT2D eigenvalue weighted by Crippen LogP contribution is -2.46. The molecule has 2 nitrogen and oxygen atoms in total. The highest BCUT2D eigenvalue weighted by Gasteiger charge is 2.25. The third kappa shape index (κ3) is 1.73. The molecule has 1 aromatic rings. The van der Waals surface area contributed by atoms with Crippen LogP contribution < -0.4 is 10.6 Å². The van der Waals surface area contributed by atoms with E-state index < -0.39 is 0 Å². The van der Waals surface area contributed by atoms with E-state index in [1.807, 2.05) is 6.07 Å². The smallest absolute Gasteiger partial charge is 0.0460 e. The van der Waals surface area contributed by atoms with E-state index in [9.17, 15) is 0 Å². The zero-order chi connectivity index (χ0) is 10.1. The van der Waals surface area contributed by atoms with Gasteiger partial charge in [0.25, 0.3) is 0 Å². The van der Waals surface area contributed by atoms with Crippen LogP contribution in [0, 0.1) is 5.92 Å². The molecule has 1 saturated heterocycles. The van der Waals surface area contributed by atoms with Gasteiger partial charge in [-0.1, -0.05) is 6.92 Å². The van der Waals surface area contributed by atoms with Crippen LogP contribution in [0.2, 0.25) is 0 Å². The Bertz CT molecular complexity index is 332. The molecular weight excluding hydrogens is 240 g/mol. The van der Waals surface area contributed by atoms with Crippen molar-refractivity contribution in [3.63, 3.8) is 0 Å². The molecule has 1 aliphatic heterocycles. The average molecular weight is 255 g/mol. The fraction of sp³-hybridized carbons (Fsp3) is 0.455. The molecule has 0 unspecified atom stereocenters. The van der Waals surface area contributed by atoms with Gasteiger partial charge >= 0.3 is 0 Å². The van der Waals surface area contributed by atoms with Gasteiger partial charge in [-0.05, 0) is 46.5 Å². The molecule has 2 rings (SSSR count). The number of nitrogen functional groups attached to an aromatic ring is 1. The lowest BCUT2D eigenvalue weighted by atomic mass is 9.96. The molecule has 2 N–H and O–H groups in total. The van der Waals surface area contributed by atoms with Crippen molar-refractivity contribution in [2.24, 2.45) is 5.92 Å². The monoisotopic (exact) mass is 254 g/mol. The highest BCUT2D eigenvalue weighted by molar-refractivity contribution is 9.10. The quantitative estimate of drug-likeness (QED) is 0.823. The van der Waals surface area contributed by atoms with Crippen LogP contribution in [0.25, 0.3) is 0 Å². The van der Waals surface area contributed by atoms with Gasteiger partial charge < -0.3 is 10.6 Å². The zero-order valence-electron chi connectivity index (χ0n) is 8.33. The number of benzene rings is 1. The van der Waals surface area contributed by atoms with Crippen LogP contribution in [-0.4, -0.2) is 13.1 Å². The van der Waals surface area contributed by atoms with E-state index >= 15 is 0 Å². The predicted octanol–water partition coefficient (Wildman–Crippen LogP) is 2.88. The van der Waals surface area contributed by atoms with E-state index in [4.69, 9.17) is 5.73 Å². The Kier molecular flexibility index (Phi) is 2.68. The first-order valence-electron chi connectivity index (χ1n) is 5.00. The standard InChI is InChI=1S/C11H15BrN2/c1-2-8-6-14(7-8)9-3-4-11(13)10(12)5-9/h3-5,8H,2,6-7,13H2,1H3. The van der Waals surface area contributed by atoms with E-state index in [1.165, 1.54) is 25.2 Å². The van der Waals surface area contributed by atoms with Crippen LogP contribution in [0.15, 0.2) is 22.7 Å². The van der Waals surface area contributed by atoms with E-state index in [-0.39, 0.29) is 0 Å². The second kappa shape index (κ2) is 3.81. The molecular formula is C11H15BrN2. The minimum absolute atomic E-state index is 0.807. The Hall–Kier alpha value is -0.700. The molecule has 0 aromatic heterocycles. The Morgan fingerprint density at radius 1 is 1.50 bits per heavy atom. The maximum Gasteiger partial charge on any atom is 0.0460 e. The molecule has 0 spiro atoms. The lowest BCUT2D eigenvalue weighted by Gasteiger charge is -2.40. The zero-order valence-corrected chi connectivity index (χ0v) is 9.92. The van der Waals surface area contributed by atoms with E-state index in [2.05, 4.69) is 39.9 Å². The van der Waals surface area contributed by atoms with Gasteiger partial charge in [-0.2, -0.15) is 0 Å². The summed E-state index contributed by atoms with van der Waals surface area (Å²) < 4.78 is 0.995. The van der Waals surface area contributed by atoms with Crippen molar-refractivity contribution in [2.75, 3.05) is 23.7 Å². The van der Waals surface area contributed by atoms with Crippen LogP contribution in [0.5, 0.6) is 0 Å². The second-order valence-corrected chi connectivity index (χ2v) is 4.74. The summed E-state index contributed by atoms with van der Waals surface area (Å²) in [5.74, 6) is 0.881. The third-order valence-electron chi connectivity index (χ3n) is 2.88. The number of anilines is 2. The molecule has 0 aliphatic carbocycles. The van der Waals surface area contributed by atoms with Gasteiger partial charge in [0.15, 0.2) is 0 Å². The number of halogens is 1. The van der Waals surface area contributed by atoms with Crippen LogP contribution >= 0.6 is 15.9 Å². The molecule has 0 bridgehead atoms. The first-order valence-corrected chi connectivity index (χ1v) is 5.80. The molecule has 1 fully saturated rings. The number of rotatable bonds is 2. The summed E-state index contributed by atoms with van der Waals surface area (Å²) in [5.41, 5.74) is 7.82. The largest absolute Gasteiger partial charge is 0.398 e. The number of hydrogen-bond donors (Lipinski definition) is 1. The van der Waals surface area contributed by atoms with Crippen LogP contribution in [0.1, 0.15) is 13.3 Å². The summed E-state index contributed by atoms with van der Waals surface area (Å²) in [5, 5.41) is 0. The summed E-state index contributed by atoms with van der Waals surface area (Å²) >= 11 is 3.45. The van der Waals surface area contributed by atoms with E-state index in [1.54, 1.807) is 0 Å². The molecule has 0 radical (unpaired) electrons. The maximum absolute atomic E-state index is 5.74. The minimum Gasteiger partial charge on any atom is -0.398 e. The topological polar surface area (TPSA) is 29.3 Å². The molecule has 0 atom stereocenters. The van der Waals surface area contributed by atoms with Gasteiger partial charge in [-0.3, -0.25) is 0 Å². The van der Waals surface area contributed by atoms with Gasteiger partial charge in [0.1, 0.15) is 0 Å². The van der Waals surface area contributed by atoms with Gasteiger partial charge in [-0.15, -0.1) is 0 Å². The highest BCUT2D eigenvalue weighted by atomic mass is 79.9.